The van der Waals surface area contributed by atoms with Crippen LogP contribution in [0.1, 0.15) is 48.0 Å². The topological polar surface area (TPSA) is 97.1 Å². The number of aromatic nitrogens is 1. The quantitative estimate of drug-likeness (QED) is 0.623. The van der Waals surface area contributed by atoms with Crippen molar-refractivity contribution < 1.29 is 9.59 Å². The van der Waals surface area contributed by atoms with Crippen LogP contribution in [0.2, 0.25) is 0 Å². The summed E-state index contributed by atoms with van der Waals surface area (Å²) in [4.78, 5) is 28.8. The third-order valence-electron chi connectivity index (χ3n) is 6.40. The van der Waals surface area contributed by atoms with Crippen LogP contribution in [0.15, 0.2) is 48.8 Å². The lowest BCUT2D eigenvalue weighted by Crippen LogP contribution is -2.49. The molecule has 2 fully saturated rings. The van der Waals surface area contributed by atoms with Gasteiger partial charge in [0.1, 0.15) is 0 Å². The van der Waals surface area contributed by atoms with Gasteiger partial charge in [-0.2, -0.15) is 0 Å². The van der Waals surface area contributed by atoms with Crippen LogP contribution in [0.25, 0.3) is 0 Å². The molecule has 4 N–H and O–H groups in total. The Morgan fingerprint density at radius 3 is 2.19 bits per heavy atom. The zero-order valence-corrected chi connectivity index (χ0v) is 19.0. The first-order valence-corrected chi connectivity index (χ1v) is 10.4. The van der Waals surface area contributed by atoms with E-state index in [9.17, 15) is 9.59 Å². The van der Waals surface area contributed by atoms with Crippen LogP contribution in [-0.2, 0) is 11.3 Å². The summed E-state index contributed by atoms with van der Waals surface area (Å²) in [6.45, 7) is 0.495. The maximum atomic E-state index is 12.7. The number of benzene rings is 1. The van der Waals surface area contributed by atoms with Crippen molar-refractivity contribution in [1.82, 2.24) is 10.3 Å². The Balaban J connectivity index is 0.00000171. The Bertz CT molecular complexity index is 850. The van der Waals surface area contributed by atoms with Crippen LogP contribution < -0.4 is 16.4 Å². The molecule has 6 nitrogen and oxygen atoms in total. The van der Waals surface area contributed by atoms with E-state index < -0.39 is 0 Å². The van der Waals surface area contributed by atoms with Crippen molar-refractivity contribution in [2.45, 2.75) is 44.7 Å². The summed E-state index contributed by atoms with van der Waals surface area (Å²) in [6.07, 6.45) is 8.60. The van der Waals surface area contributed by atoms with Crippen molar-refractivity contribution in [3.63, 3.8) is 0 Å². The standard InChI is InChI=1S/C23H28N4O2.2ClH/c24-21-17-2-1-3-18(21)13-19(12-17)22(28)26-14-15-4-6-20(7-5-15)27-23(29)16-8-10-25-11-9-16;;/h4-11,17-19,21H,1-3,12-14,24H2,(H,26,28)(H,27,29);2*1H. The number of hydrogen-bond donors (Lipinski definition) is 3. The molecule has 0 aliphatic heterocycles. The van der Waals surface area contributed by atoms with Crippen molar-refractivity contribution in [3.8, 4) is 0 Å². The Labute approximate surface area is 195 Å². The summed E-state index contributed by atoms with van der Waals surface area (Å²) in [6, 6.07) is 11.2. The van der Waals surface area contributed by atoms with E-state index >= 15 is 0 Å². The van der Waals surface area contributed by atoms with Crippen molar-refractivity contribution >= 4 is 42.3 Å². The van der Waals surface area contributed by atoms with E-state index in [1.54, 1.807) is 24.5 Å². The SMILES string of the molecule is Cl.Cl.NC1C2CCCC1CC(C(=O)NCc1ccc(NC(=O)c3ccncc3)cc1)C2. The number of fused-ring (bicyclic) bond motifs is 2. The van der Waals surface area contributed by atoms with Gasteiger partial charge >= 0.3 is 0 Å². The largest absolute Gasteiger partial charge is 0.352 e. The molecule has 1 aromatic heterocycles. The molecule has 2 unspecified atom stereocenters. The van der Waals surface area contributed by atoms with Gasteiger partial charge in [-0.3, -0.25) is 14.6 Å². The maximum Gasteiger partial charge on any atom is 0.255 e. The second-order valence-electron chi connectivity index (χ2n) is 8.30. The van der Waals surface area contributed by atoms with E-state index in [-0.39, 0.29) is 48.6 Å². The monoisotopic (exact) mass is 464 g/mol. The molecule has 168 valence electrons. The molecular formula is C23H30Cl2N4O2. The summed E-state index contributed by atoms with van der Waals surface area (Å²) < 4.78 is 0. The predicted octanol–water partition coefficient (Wildman–Crippen LogP) is 3.95. The minimum Gasteiger partial charge on any atom is -0.352 e. The first kappa shape index (κ1) is 25.1. The Kier molecular flexibility index (Phi) is 9.29. The van der Waals surface area contributed by atoms with Gasteiger partial charge in [0.2, 0.25) is 5.91 Å². The molecule has 2 aliphatic rings. The van der Waals surface area contributed by atoms with Crippen molar-refractivity contribution in [1.29, 1.82) is 0 Å². The average molecular weight is 465 g/mol. The average Bonchev–Trinajstić information content (AvgIpc) is 2.73. The lowest BCUT2D eigenvalue weighted by Gasteiger charge is -2.43. The highest BCUT2D eigenvalue weighted by Crippen LogP contribution is 2.41. The second kappa shape index (κ2) is 11.5. The van der Waals surface area contributed by atoms with Gasteiger partial charge in [-0.25, -0.2) is 0 Å². The normalized spacial score (nSPS) is 24.2. The minimum absolute atomic E-state index is 0. The predicted molar refractivity (Wildman–Crippen MR) is 127 cm³/mol. The summed E-state index contributed by atoms with van der Waals surface area (Å²) in [5.41, 5.74) is 8.62. The van der Waals surface area contributed by atoms with Gasteiger partial charge in [0.05, 0.1) is 0 Å². The molecule has 2 aliphatic carbocycles. The number of hydrogen-bond acceptors (Lipinski definition) is 4. The highest BCUT2D eigenvalue weighted by molar-refractivity contribution is 6.04. The number of nitrogens with two attached hydrogens (primary N) is 1. The maximum absolute atomic E-state index is 12.7. The molecular weight excluding hydrogens is 435 g/mol. The molecule has 31 heavy (non-hydrogen) atoms. The number of carbonyl (C=O) groups excluding carboxylic acids is 2. The number of rotatable bonds is 5. The Morgan fingerprint density at radius 2 is 1.58 bits per heavy atom. The molecule has 4 rings (SSSR count). The van der Waals surface area contributed by atoms with Gasteiger partial charge in [0, 0.05) is 42.1 Å². The molecule has 0 spiro atoms. The van der Waals surface area contributed by atoms with Gasteiger partial charge < -0.3 is 16.4 Å². The number of anilines is 1. The molecule has 2 saturated carbocycles. The van der Waals surface area contributed by atoms with E-state index in [1.807, 2.05) is 24.3 Å². The molecule has 1 aromatic carbocycles. The smallest absolute Gasteiger partial charge is 0.255 e. The summed E-state index contributed by atoms with van der Waals surface area (Å²) in [5.74, 6) is 1.06. The number of amides is 2. The first-order valence-electron chi connectivity index (χ1n) is 10.4. The van der Waals surface area contributed by atoms with Crippen LogP contribution in [0, 0.1) is 17.8 Å². The highest BCUT2D eigenvalue weighted by atomic mass is 35.5. The fourth-order valence-corrected chi connectivity index (χ4v) is 4.75. The number of carbonyl (C=O) groups is 2. The third-order valence-corrected chi connectivity index (χ3v) is 6.40. The molecule has 2 bridgehead atoms. The van der Waals surface area contributed by atoms with Gasteiger partial charge in [-0.1, -0.05) is 18.6 Å². The highest BCUT2D eigenvalue weighted by Gasteiger charge is 2.40. The van der Waals surface area contributed by atoms with Crippen LogP contribution >= 0.6 is 24.8 Å². The van der Waals surface area contributed by atoms with Gasteiger partial charge in [0.25, 0.3) is 5.91 Å². The van der Waals surface area contributed by atoms with Crippen molar-refractivity contribution in [2.24, 2.45) is 23.5 Å². The minimum atomic E-state index is -0.172. The first-order chi connectivity index (χ1) is 14.1. The zero-order chi connectivity index (χ0) is 20.2. The van der Waals surface area contributed by atoms with Gasteiger partial charge in [-0.05, 0) is 67.3 Å². The summed E-state index contributed by atoms with van der Waals surface area (Å²) in [5, 5.41) is 5.95. The van der Waals surface area contributed by atoms with E-state index in [0.29, 0.717) is 23.9 Å². The van der Waals surface area contributed by atoms with Crippen LogP contribution in [0.3, 0.4) is 0 Å². The number of nitrogens with zero attached hydrogens (tertiary/aromatic N) is 1. The van der Waals surface area contributed by atoms with Crippen LogP contribution in [0.5, 0.6) is 0 Å². The Morgan fingerprint density at radius 1 is 0.968 bits per heavy atom. The lowest BCUT2D eigenvalue weighted by atomic mass is 9.65. The van der Waals surface area contributed by atoms with Crippen LogP contribution in [0.4, 0.5) is 5.69 Å². The molecule has 2 amide bonds. The van der Waals surface area contributed by atoms with E-state index in [4.69, 9.17) is 5.73 Å². The van der Waals surface area contributed by atoms with Crippen molar-refractivity contribution in [2.75, 3.05) is 5.32 Å². The molecule has 2 aromatic rings. The van der Waals surface area contributed by atoms with E-state index in [1.165, 1.54) is 6.42 Å². The zero-order valence-electron chi connectivity index (χ0n) is 17.3. The van der Waals surface area contributed by atoms with Gasteiger partial charge in [-0.15, -0.1) is 24.8 Å². The molecule has 0 radical (unpaired) electrons. The molecule has 8 heteroatoms. The number of halogens is 2. The fraction of sp³-hybridized carbons (Fsp3) is 0.435. The van der Waals surface area contributed by atoms with E-state index in [2.05, 4.69) is 15.6 Å². The summed E-state index contributed by atoms with van der Waals surface area (Å²) in [7, 11) is 0. The molecule has 2 atom stereocenters. The second-order valence-corrected chi connectivity index (χ2v) is 8.30. The molecule has 1 heterocycles. The Hall–Kier alpha value is -2.15. The van der Waals surface area contributed by atoms with Crippen LogP contribution in [-0.4, -0.2) is 22.8 Å². The summed E-state index contributed by atoms with van der Waals surface area (Å²) >= 11 is 0. The van der Waals surface area contributed by atoms with E-state index in [0.717, 1.165) is 36.9 Å². The lowest BCUT2D eigenvalue weighted by molar-refractivity contribution is -0.128. The van der Waals surface area contributed by atoms with Crippen molar-refractivity contribution in [3.05, 3.63) is 59.9 Å². The number of pyridine rings is 1. The third kappa shape index (κ3) is 6.19. The molecule has 0 saturated heterocycles. The number of nitrogens with one attached hydrogen (secondary N) is 2. The van der Waals surface area contributed by atoms with Gasteiger partial charge in [0.15, 0.2) is 0 Å². The fourth-order valence-electron chi connectivity index (χ4n) is 4.75.